The first-order chi connectivity index (χ1) is 16.0. The van der Waals surface area contributed by atoms with Crippen LogP contribution in [-0.2, 0) is 4.74 Å². The van der Waals surface area contributed by atoms with Gasteiger partial charge >= 0.3 is 18.2 Å². The van der Waals surface area contributed by atoms with E-state index in [0.29, 0.717) is 16.9 Å². The molecule has 0 saturated heterocycles. The predicted octanol–water partition coefficient (Wildman–Crippen LogP) is 4.63. The van der Waals surface area contributed by atoms with Crippen molar-refractivity contribution in [1.82, 2.24) is 14.5 Å². The van der Waals surface area contributed by atoms with E-state index in [1.807, 2.05) is 0 Å². The molecule has 1 unspecified atom stereocenters. The summed E-state index contributed by atoms with van der Waals surface area (Å²) in [6, 6.07) is 15.3. The fraction of sp³-hybridized carbons (Fsp3) is 0.280. The maximum Gasteiger partial charge on any atom is 0.417 e. The molecule has 0 aliphatic rings. The number of nitrogens with zero attached hydrogens (tertiary/aromatic N) is 3. The SMILES string of the molecule is CN(CC(c1ccc(OC(=O)c2ccccc2)cc1)c1nccn1C(=O)O)C(=O)OC(C)(C)C. The summed E-state index contributed by atoms with van der Waals surface area (Å²) in [6.45, 7) is 5.41. The lowest BCUT2D eigenvalue weighted by molar-refractivity contribution is 0.0292. The molecular weight excluding hydrogens is 438 g/mol. The van der Waals surface area contributed by atoms with Gasteiger partial charge in [-0.2, -0.15) is 0 Å². The maximum absolute atomic E-state index is 12.5. The van der Waals surface area contributed by atoms with Crippen molar-refractivity contribution >= 4 is 18.2 Å². The second kappa shape index (κ2) is 10.2. The summed E-state index contributed by atoms with van der Waals surface area (Å²) in [4.78, 5) is 42.1. The van der Waals surface area contributed by atoms with Crippen molar-refractivity contribution in [3.05, 3.63) is 83.9 Å². The lowest BCUT2D eigenvalue weighted by atomic mass is 9.97. The van der Waals surface area contributed by atoms with Crippen LogP contribution in [-0.4, -0.2) is 56.9 Å². The van der Waals surface area contributed by atoms with E-state index in [1.165, 1.54) is 17.3 Å². The number of aromatic nitrogens is 2. The smallest absolute Gasteiger partial charge is 0.417 e. The van der Waals surface area contributed by atoms with Gasteiger partial charge in [0.25, 0.3) is 0 Å². The number of hydrogen-bond acceptors (Lipinski definition) is 6. The van der Waals surface area contributed by atoms with Crippen LogP contribution >= 0.6 is 0 Å². The molecule has 1 heterocycles. The highest BCUT2D eigenvalue weighted by atomic mass is 16.6. The van der Waals surface area contributed by atoms with E-state index >= 15 is 0 Å². The first kappa shape index (κ1) is 24.5. The summed E-state index contributed by atoms with van der Waals surface area (Å²) < 4.78 is 11.9. The molecule has 0 aliphatic heterocycles. The summed E-state index contributed by atoms with van der Waals surface area (Å²) >= 11 is 0. The summed E-state index contributed by atoms with van der Waals surface area (Å²) in [5, 5.41) is 9.56. The van der Waals surface area contributed by atoms with Crippen LogP contribution in [0.15, 0.2) is 67.0 Å². The van der Waals surface area contributed by atoms with Gasteiger partial charge in [0.2, 0.25) is 0 Å². The Labute approximate surface area is 197 Å². The van der Waals surface area contributed by atoms with Crippen LogP contribution in [0.25, 0.3) is 0 Å². The third-order valence-electron chi connectivity index (χ3n) is 4.85. The van der Waals surface area contributed by atoms with Gasteiger partial charge in [-0.25, -0.2) is 23.9 Å². The first-order valence-electron chi connectivity index (χ1n) is 10.6. The average molecular weight is 466 g/mol. The van der Waals surface area contributed by atoms with Gasteiger partial charge in [-0.05, 0) is 50.6 Å². The summed E-state index contributed by atoms with van der Waals surface area (Å²) in [6.07, 6.45) is 0.999. The van der Waals surface area contributed by atoms with Crippen LogP contribution in [0.3, 0.4) is 0 Å². The second-order valence-electron chi connectivity index (χ2n) is 8.68. The summed E-state index contributed by atoms with van der Waals surface area (Å²) in [5.41, 5.74) is 0.431. The lowest BCUT2D eigenvalue weighted by Gasteiger charge is -2.27. The van der Waals surface area contributed by atoms with Crippen LogP contribution in [0.4, 0.5) is 9.59 Å². The Kier molecular flexibility index (Phi) is 7.35. The van der Waals surface area contributed by atoms with Gasteiger partial charge in [-0.3, -0.25) is 0 Å². The fourth-order valence-electron chi connectivity index (χ4n) is 3.27. The fourth-order valence-corrected chi connectivity index (χ4v) is 3.27. The normalized spacial score (nSPS) is 12.0. The van der Waals surface area contributed by atoms with Crippen LogP contribution in [0.5, 0.6) is 5.75 Å². The van der Waals surface area contributed by atoms with Crippen molar-refractivity contribution in [2.45, 2.75) is 32.3 Å². The van der Waals surface area contributed by atoms with Gasteiger partial charge in [0.1, 0.15) is 17.2 Å². The number of hydrogen-bond donors (Lipinski definition) is 1. The van der Waals surface area contributed by atoms with Crippen molar-refractivity contribution in [2.75, 3.05) is 13.6 Å². The largest absolute Gasteiger partial charge is 0.464 e. The van der Waals surface area contributed by atoms with E-state index in [9.17, 15) is 19.5 Å². The molecule has 3 rings (SSSR count). The highest BCUT2D eigenvalue weighted by Crippen LogP contribution is 2.27. The molecule has 2 aromatic carbocycles. The Balaban J connectivity index is 1.85. The van der Waals surface area contributed by atoms with E-state index in [-0.39, 0.29) is 12.4 Å². The predicted molar refractivity (Wildman–Crippen MR) is 124 cm³/mol. The molecular formula is C25H27N3O6. The van der Waals surface area contributed by atoms with Gasteiger partial charge < -0.3 is 19.5 Å². The Morgan fingerprint density at radius 3 is 2.29 bits per heavy atom. The van der Waals surface area contributed by atoms with E-state index in [0.717, 1.165) is 4.57 Å². The molecule has 178 valence electrons. The third kappa shape index (κ3) is 6.22. The molecule has 0 radical (unpaired) electrons. The molecule has 1 N–H and O–H groups in total. The zero-order chi connectivity index (χ0) is 24.9. The van der Waals surface area contributed by atoms with Gasteiger partial charge in [-0.1, -0.05) is 30.3 Å². The van der Waals surface area contributed by atoms with Crippen molar-refractivity contribution in [3.63, 3.8) is 0 Å². The first-order valence-corrected chi connectivity index (χ1v) is 10.6. The number of carboxylic acid groups (broad SMARTS) is 1. The number of esters is 1. The van der Waals surface area contributed by atoms with Gasteiger partial charge in [0.15, 0.2) is 0 Å². The van der Waals surface area contributed by atoms with E-state index in [1.54, 1.807) is 82.4 Å². The minimum absolute atomic E-state index is 0.113. The average Bonchev–Trinajstić information content (AvgIpc) is 3.27. The number of carbonyl (C=O) groups is 3. The number of rotatable bonds is 6. The monoisotopic (exact) mass is 465 g/mol. The van der Waals surface area contributed by atoms with Crippen molar-refractivity contribution < 1.29 is 29.0 Å². The summed E-state index contributed by atoms with van der Waals surface area (Å²) in [5.74, 6) is -0.492. The van der Waals surface area contributed by atoms with Gasteiger partial charge in [0, 0.05) is 26.0 Å². The van der Waals surface area contributed by atoms with Crippen molar-refractivity contribution in [3.8, 4) is 5.75 Å². The molecule has 34 heavy (non-hydrogen) atoms. The maximum atomic E-state index is 12.5. The highest BCUT2D eigenvalue weighted by Gasteiger charge is 2.27. The molecule has 3 aromatic rings. The number of carbonyl (C=O) groups excluding carboxylic acids is 2. The standard InChI is InChI=1S/C25H27N3O6/c1-25(2,3)34-24(32)27(4)16-20(21-26-14-15-28(21)23(30)31)17-10-12-19(13-11-17)33-22(29)18-8-6-5-7-9-18/h5-15,20H,16H2,1-4H3,(H,30,31). The Bertz CT molecular complexity index is 1150. The Hall–Kier alpha value is -4.14. The Morgan fingerprint density at radius 2 is 1.71 bits per heavy atom. The molecule has 1 atom stereocenters. The molecule has 0 aliphatic carbocycles. The van der Waals surface area contributed by atoms with Crippen molar-refractivity contribution in [2.24, 2.45) is 0 Å². The number of imidazole rings is 1. The molecule has 0 spiro atoms. The topological polar surface area (TPSA) is 111 Å². The second-order valence-corrected chi connectivity index (χ2v) is 8.68. The van der Waals surface area contributed by atoms with Gasteiger partial charge in [-0.15, -0.1) is 0 Å². The van der Waals surface area contributed by atoms with E-state index < -0.39 is 29.7 Å². The number of likely N-dealkylation sites (N-methyl/N-ethyl adjacent to an activating group) is 1. The van der Waals surface area contributed by atoms with Crippen molar-refractivity contribution in [1.29, 1.82) is 0 Å². The Morgan fingerprint density at radius 1 is 1.06 bits per heavy atom. The molecule has 1 aromatic heterocycles. The number of ether oxygens (including phenoxy) is 2. The van der Waals surface area contributed by atoms with Crippen LogP contribution in [0.1, 0.15) is 48.4 Å². The van der Waals surface area contributed by atoms with E-state index in [2.05, 4.69) is 4.98 Å². The van der Waals surface area contributed by atoms with Gasteiger partial charge in [0.05, 0.1) is 11.5 Å². The van der Waals surface area contributed by atoms with Crippen LogP contribution < -0.4 is 4.74 Å². The molecule has 9 nitrogen and oxygen atoms in total. The highest BCUT2D eigenvalue weighted by molar-refractivity contribution is 5.90. The molecule has 0 saturated carbocycles. The minimum Gasteiger partial charge on any atom is -0.464 e. The third-order valence-corrected chi connectivity index (χ3v) is 4.85. The molecule has 0 bridgehead atoms. The molecule has 0 fully saturated rings. The number of amides is 1. The van der Waals surface area contributed by atoms with Crippen LogP contribution in [0, 0.1) is 0 Å². The lowest BCUT2D eigenvalue weighted by Crippen LogP contribution is -2.37. The van der Waals surface area contributed by atoms with Crippen LogP contribution in [0.2, 0.25) is 0 Å². The van der Waals surface area contributed by atoms with E-state index in [4.69, 9.17) is 9.47 Å². The quantitative estimate of drug-likeness (QED) is 0.417. The summed E-state index contributed by atoms with van der Waals surface area (Å²) in [7, 11) is 1.57. The zero-order valence-electron chi connectivity index (χ0n) is 19.5. The zero-order valence-corrected chi connectivity index (χ0v) is 19.5. The minimum atomic E-state index is -1.19. The molecule has 1 amide bonds. The molecule has 9 heteroatoms. The number of benzene rings is 2.